The van der Waals surface area contributed by atoms with Crippen molar-refractivity contribution in [1.29, 1.82) is 0 Å². The largest absolute Gasteiger partial charge is 0.371 e. The summed E-state index contributed by atoms with van der Waals surface area (Å²) in [6.45, 7) is 3.90. The van der Waals surface area contributed by atoms with E-state index in [0.29, 0.717) is 18.2 Å². The highest BCUT2D eigenvalue weighted by molar-refractivity contribution is 5.39. The summed E-state index contributed by atoms with van der Waals surface area (Å²) in [6, 6.07) is 0.566. The van der Waals surface area contributed by atoms with Gasteiger partial charge in [-0.1, -0.05) is 6.92 Å². The van der Waals surface area contributed by atoms with Gasteiger partial charge in [0.15, 0.2) is 0 Å². The molecular formula is C14H21N5O. The van der Waals surface area contributed by atoms with Crippen molar-refractivity contribution in [3.05, 3.63) is 5.82 Å². The number of morpholine rings is 1. The summed E-state index contributed by atoms with van der Waals surface area (Å²) in [7, 11) is 0. The number of hydrogen-bond donors (Lipinski definition) is 1. The van der Waals surface area contributed by atoms with Gasteiger partial charge < -0.3 is 15.0 Å². The lowest BCUT2D eigenvalue weighted by Crippen LogP contribution is -2.43. The SMILES string of the molecule is CCc1nc(NC2CC2)nc(N2CC3CCC(C2)O3)n1. The molecule has 3 heterocycles. The predicted molar refractivity (Wildman–Crippen MR) is 76.0 cm³/mol. The fraction of sp³-hybridized carbons (Fsp3) is 0.786. The molecule has 2 aliphatic heterocycles. The van der Waals surface area contributed by atoms with Crippen LogP contribution >= 0.6 is 0 Å². The third-order valence-electron chi connectivity index (χ3n) is 4.22. The van der Waals surface area contributed by atoms with E-state index < -0.39 is 0 Å². The van der Waals surface area contributed by atoms with Crippen molar-refractivity contribution >= 4 is 11.9 Å². The van der Waals surface area contributed by atoms with Gasteiger partial charge in [0, 0.05) is 25.6 Å². The van der Waals surface area contributed by atoms with Crippen LogP contribution in [0.15, 0.2) is 0 Å². The number of nitrogens with one attached hydrogen (secondary N) is 1. The highest BCUT2D eigenvalue weighted by atomic mass is 16.5. The van der Waals surface area contributed by atoms with Crippen LogP contribution in [0.25, 0.3) is 0 Å². The van der Waals surface area contributed by atoms with Crippen molar-refractivity contribution in [2.75, 3.05) is 23.3 Å². The van der Waals surface area contributed by atoms with Crippen molar-refractivity contribution in [1.82, 2.24) is 15.0 Å². The fourth-order valence-electron chi connectivity index (χ4n) is 2.96. The minimum Gasteiger partial charge on any atom is -0.371 e. The normalized spacial score (nSPS) is 28.8. The smallest absolute Gasteiger partial charge is 0.230 e. The molecule has 1 aromatic heterocycles. The topological polar surface area (TPSA) is 63.2 Å². The van der Waals surface area contributed by atoms with E-state index >= 15 is 0 Å². The summed E-state index contributed by atoms with van der Waals surface area (Å²) in [5.41, 5.74) is 0. The van der Waals surface area contributed by atoms with Gasteiger partial charge in [0.25, 0.3) is 0 Å². The van der Waals surface area contributed by atoms with Crippen LogP contribution < -0.4 is 10.2 Å². The average Bonchev–Trinajstić information content (AvgIpc) is 3.22. The molecule has 3 aliphatic rings. The molecule has 2 unspecified atom stereocenters. The molecule has 0 aromatic carbocycles. The van der Waals surface area contributed by atoms with E-state index in [1.165, 1.54) is 25.7 Å². The molecule has 2 bridgehead atoms. The highest BCUT2D eigenvalue weighted by Crippen LogP contribution is 2.29. The van der Waals surface area contributed by atoms with Crippen LogP contribution in [0.1, 0.15) is 38.4 Å². The third kappa shape index (κ3) is 2.44. The van der Waals surface area contributed by atoms with Crippen LogP contribution in [0.3, 0.4) is 0 Å². The van der Waals surface area contributed by atoms with Crippen LogP contribution in [-0.4, -0.2) is 46.3 Å². The minimum absolute atomic E-state index is 0.357. The Bertz CT molecular complexity index is 492. The zero-order valence-electron chi connectivity index (χ0n) is 11.9. The van der Waals surface area contributed by atoms with Gasteiger partial charge in [0.2, 0.25) is 11.9 Å². The van der Waals surface area contributed by atoms with Crippen LogP contribution in [-0.2, 0) is 11.2 Å². The maximum absolute atomic E-state index is 5.88. The Morgan fingerprint density at radius 1 is 1.10 bits per heavy atom. The molecule has 1 aliphatic carbocycles. The molecule has 0 spiro atoms. The fourth-order valence-corrected chi connectivity index (χ4v) is 2.96. The van der Waals surface area contributed by atoms with E-state index in [2.05, 4.69) is 32.1 Å². The first kappa shape index (κ1) is 12.3. The lowest BCUT2D eigenvalue weighted by molar-refractivity contribution is 0.0299. The number of nitrogens with zero attached hydrogens (tertiary/aromatic N) is 4. The molecular weight excluding hydrogens is 254 g/mol. The van der Waals surface area contributed by atoms with E-state index in [9.17, 15) is 0 Å². The molecule has 0 radical (unpaired) electrons. The molecule has 2 saturated heterocycles. The summed E-state index contributed by atoms with van der Waals surface area (Å²) < 4.78 is 5.88. The Morgan fingerprint density at radius 3 is 2.50 bits per heavy atom. The van der Waals surface area contributed by atoms with Crippen LogP contribution in [0.4, 0.5) is 11.9 Å². The van der Waals surface area contributed by atoms with Gasteiger partial charge in [-0.25, -0.2) is 0 Å². The number of rotatable bonds is 4. The number of fused-ring (bicyclic) bond motifs is 2. The molecule has 0 amide bonds. The number of aromatic nitrogens is 3. The lowest BCUT2D eigenvalue weighted by Gasteiger charge is -2.32. The molecule has 1 saturated carbocycles. The van der Waals surface area contributed by atoms with E-state index in [-0.39, 0.29) is 0 Å². The first-order valence-corrected chi connectivity index (χ1v) is 7.72. The maximum Gasteiger partial charge on any atom is 0.230 e. The minimum atomic E-state index is 0.357. The van der Waals surface area contributed by atoms with E-state index in [1.807, 2.05) is 0 Å². The molecule has 4 rings (SSSR count). The van der Waals surface area contributed by atoms with Gasteiger partial charge in [0.05, 0.1) is 12.2 Å². The molecule has 108 valence electrons. The van der Waals surface area contributed by atoms with Gasteiger partial charge >= 0.3 is 0 Å². The van der Waals surface area contributed by atoms with Crippen molar-refractivity contribution in [2.24, 2.45) is 0 Å². The number of aryl methyl sites for hydroxylation is 1. The summed E-state index contributed by atoms with van der Waals surface area (Å²) in [5.74, 6) is 2.44. The van der Waals surface area contributed by atoms with E-state index in [0.717, 1.165) is 37.2 Å². The second-order valence-corrected chi connectivity index (χ2v) is 6.01. The number of hydrogen-bond acceptors (Lipinski definition) is 6. The third-order valence-corrected chi connectivity index (χ3v) is 4.22. The highest BCUT2D eigenvalue weighted by Gasteiger charge is 2.35. The van der Waals surface area contributed by atoms with Gasteiger partial charge in [-0.2, -0.15) is 15.0 Å². The average molecular weight is 275 g/mol. The zero-order valence-corrected chi connectivity index (χ0v) is 11.9. The van der Waals surface area contributed by atoms with Crippen molar-refractivity contribution in [3.63, 3.8) is 0 Å². The molecule has 6 nitrogen and oxygen atoms in total. The monoisotopic (exact) mass is 275 g/mol. The Morgan fingerprint density at radius 2 is 1.85 bits per heavy atom. The Kier molecular flexibility index (Phi) is 2.98. The first-order valence-electron chi connectivity index (χ1n) is 7.72. The number of anilines is 2. The zero-order chi connectivity index (χ0) is 13.5. The second-order valence-electron chi connectivity index (χ2n) is 6.01. The molecule has 3 fully saturated rings. The molecule has 2 atom stereocenters. The molecule has 20 heavy (non-hydrogen) atoms. The Balaban J connectivity index is 1.59. The number of ether oxygens (including phenoxy) is 1. The van der Waals surface area contributed by atoms with Gasteiger partial charge in [-0.3, -0.25) is 0 Å². The lowest BCUT2D eigenvalue weighted by atomic mass is 10.2. The maximum atomic E-state index is 5.88. The van der Waals surface area contributed by atoms with E-state index in [4.69, 9.17) is 4.74 Å². The van der Waals surface area contributed by atoms with Crippen molar-refractivity contribution in [3.8, 4) is 0 Å². The standard InChI is InChI=1S/C14H21N5O/c1-2-12-16-13(15-9-3-4-9)18-14(17-12)19-7-10-5-6-11(8-19)20-10/h9-11H,2-8H2,1H3,(H,15,16,17,18). The van der Waals surface area contributed by atoms with Crippen LogP contribution in [0.2, 0.25) is 0 Å². The van der Waals surface area contributed by atoms with Crippen LogP contribution in [0.5, 0.6) is 0 Å². The Labute approximate surface area is 119 Å². The summed E-state index contributed by atoms with van der Waals surface area (Å²) in [4.78, 5) is 16.0. The first-order chi connectivity index (χ1) is 9.80. The van der Waals surface area contributed by atoms with Crippen molar-refractivity contribution < 1.29 is 4.74 Å². The van der Waals surface area contributed by atoms with Crippen molar-refractivity contribution in [2.45, 2.75) is 57.3 Å². The second kappa shape index (κ2) is 4.84. The van der Waals surface area contributed by atoms with Gasteiger partial charge in [-0.05, 0) is 25.7 Å². The predicted octanol–water partition coefficient (Wildman–Crippen LogP) is 1.38. The summed E-state index contributed by atoms with van der Waals surface area (Å²) >= 11 is 0. The molecule has 1 N–H and O–H groups in total. The molecule has 6 heteroatoms. The van der Waals surface area contributed by atoms with E-state index in [1.54, 1.807) is 0 Å². The summed E-state index contributed by atoms with van der Waals surface area (Å²) in [6.07, 6.45) is 6.34. The summed E-state index contributed by atoms with van der Waals surface area (Å²) in [5, 5.41) is 3.39. The Hall–Kier alpha value is -1.43. The van der Waals surface area contributed by atoms with Crippen LogP contribution in [0, 0.1) is 0 Å². The molecule has 1 aromatic rings. The van der Waals surface area contributed by atoms with Gasteiger partial charge in [-0.15, -0.1) is 0 Å². The van der Waals surface area contributed by atoms with Gasteiger partial charge in [0.1, 0.15) is 5.82 Å². The quantitative estimate of drug-likeness (QED) is 0.895.